The minimum Gasteiger partial charge on any atom is -0.382 e. The molecule has 6 heteroatoms. The van der Waals surface area contributed by atoms with Crippen molar-refractivity contribution in [2.45, 2.75) is 31.8 Å². The number of fused-ring (bicyclic) bond motifs is 1. The zero-order chi connectivity index (χ0) is 14.8. The highest BCUT2D eigenvalue weighted by atomic mass is 16.1. The summed E-state index contributed by atoms with van der Waals surface area (Å²) in [5.74, 6) is 0.533. The zero-order valence-electron chi connectivity index (χ0n) is 12.2. The highest BCUT2D eigenvalue weighted by molar-refractivity contribution is 5.86. The summed E-state index contributed by atoms with van der Waals surface area (Å²) >= 11 is 0. The van der Waals surface area contributed by atoms with Crippen molar-refractivity contribution in [1.82, 2.24) is 20.1 Å². The minimum absolute atomic E-state index is 0.0308. The fourth-order valence-corrected chi connectivity index (χ4v) is 2.74. The zero-order valence-corrected chi connectivity index (χ0v) is 12.2. The Morgan fingerprint density at radius 3 is 3.05 bits per heavy atom. The van der Waals surface area contributed by atoms with Gasteiger partial charge in [-0.05, 0) is 25.0 Å². The largest absolute Gasteiger partial charge is 0.382 e. The summed E-state index contributed by atoms with van der Waals surface area (Å²) in [6.07, 6.45) is 2.42. The smallest absolute Gasteiger partial charge is 0.228 e. The maximum absolute atomic E-state index is 12.5. The number of rotatable bonds is 3. The Kier molecular flexibility index (Phi) is 3.60. The number of hydrogen-bond donors (Lipinski definition) is 2. The van der Waals surface area contributed by atoms with E-state index in [-0.39, 0.29) is 17.9 Å². The van der Waals surface area contributed by atoms with Gasteiger partial charge in [0.05, 0.1) is 12.5 Å². The predicted molar refractivity (Wildman–Crippen MR) is 79.7 cm³/mol. The number of nitrogens with one attached hydrogen (secondary N) is 2. The Hall–Kier alpha value is -2.37. The summed E-state index contributed by atoms with van der Waals surface area (Å²) in [7, 11) is 1.81. The Labute approximate surface area is 123 Å². The molecule has 0 spiro atoms. The van der Waals surface area contributed by atoms with E-state index in [1.807, 2.05) is 31.3 Å². The number of benzene rings is 1. The minimum atomic E-state index is -0.124. The molecular weight excluding hydrogens is 266 g/mol. The van der Waals surface area contributed by atoms with E-state index in [0.29, 0.717) is 12.4 Å². The third-order valence-corrected chi connectivity index (χ3v) is 3.71. The molecule has 2 heterocycles. The third-order valence-electron chi connectivity index (χ3n) is 3.71. The second-order valence-corrected chi connectivity index (χ2v) is 5.47. The second-order valence-electron chi connectivity index (χ2n) is 5.47. The van der Waals surface area contributed by atoms with Crippen LogP contribution in [0.2, 0.25) is 0 Å². The second kappa shape index (κ2) is 5.55. The topological polar surface area (TPSA) is 71.8 Å². The van der Waals surface area contributed by atoms with Crippen LogP contribution in [0.25, 0.3) is 0 Å². The number of nitrogens with zero attached hydrogens (tertiary/aromatic N) is 3. The summed E-state index contributed by atoms with van der Waals surface area (Å²) in [6, 6.07) is 8.26. The van der Waals surface area contributed by atoms with E-state index in [2.05, 4.69) is 27.6 Å². The average Bonchev–Trinajstić information content (AvgIpc) is 2.89. The molecule has 0 bridgehead atoms. The molecule has 2 atom stereocenters. The molecule has 21 heavy (non-hydrogen) atoms. The van der Waals surface area contributed by atoms with Crippen molar-refractivity contribution in [3.05, 3.63) is 42.0 Å². The maximum atomic E-state index is 12.5. The first-order valence-corrected chi connectivity index (χ1v) is 7.11. The van der Waals surface area contributed by atoms with Gasteiger partial charge in [0.2, 0.25) is 5.91 Å². The van der Waals surface area contributed by atoms with Gasteiger partial charge in [-0.2, -0.15) is 5.10 Å². The van der Waals surface area contributed by atoms with Crippen molar-refractivity contribution in [2.75, 3.05) is 5.32 Å². The Morgan fingerprint density at radius 1 is 1.48 bits per heavy atom. The molecule has 1 aliphatic heterocycles. The molecule has 0 aliphatic carbocycles. The first kappa shape index (κ1) is 13.6. The van der Waals surface area contributed by atoms with Gasteiger partial charge in [0.1, 0.15) is 6.33 Å². The van der Waals surface area contributed by atoms with Gasteiger partial charge < -0.3 is 10.6 Å². The number of amides is 1. The van der Waals surface area contributed by atoms with Crippen molar-refractivity contribution in [3.8, 4) is 0 Å². The van der Waals surface area contributed by atoms with Crippen LogP contribution in [0.3, 0.4) is 0 Å². The number of aromatic nitrogens is 3. The van der Waals surface area contributed by atoms with Gasteiger partial charge in [0, 0.05) is 18.8 Å². The van der Waals surface area contributed by atoms with Crippen LogP contribution in [0.1, 0.15) is 30.7 Å². The lowest BCUT2D eigenvalue weighted by molar-refractivity contribution is -0.123. The first-order chi connectivity index (χ1) is 10.1. The van der Waals surface area contributed by atoms with Crippen molar-refractivity contribution in [2.24, 2.45) is 7.05 Å². The third kappa shape index (κ3) is 2.89. The van der Waals surface area contributed by atoms with Gasteiger partial charge in [-0.15, -0.1) is 0 Å². The van der Waals surface area contributed by atoms with Crippen LogP contribution < -0.4 is 10.6 Å². The summed E-state index contributed by atoms with van der Waals surface area (Å²) in [6.45, 7) is 2.46. The van der Waals surface area contributed by atoms with Gasteiger partial charge >= 0.3 is 0 Å². The van der Waals surface area contributed by atoms with E-state index in [4.69, 9.17) is 0 Å². The van der Waals surface area contributed by atoms with E-state index >= 15 is 0 Å². The first-order valence-electron chi connectivity index (χ1n) is 7.11. The number of para-hydroxylation sites is 1. The predicted octanol–water partition coefficient (Wildman–Crippen LogP) is 1.42. The number of carbonyl (C=O) groups is 1. The summed E-state index contributed by atoms with van der Waals surface area (Å²) < 4.78 is 1.63. The highest BCUT2D eigenvalue weighted by Gasteiger charge is 2.29. The Bertz CT molecular complexity index is 651. The lowest BCUT2D eigenvalue weighted by Crippen LogP contribution is -2.35. The van der Waals surface area contributed by atoms with Crippen molar-refractivity contribution in [3.63, 3.8) is 0 Å². The molecule has 1 aromatic heterocycles. The molecule has 1 aromatic carbocycles. The molecule has 6 nitrogen and oxygen atoms in total. The van der Waals surface area contributed by atoms with Crippen LogP contribution in [0.5, 0.6) is 0 Å². The van der Waals surface area contributed by atoms with Crippen LogP contribution in [-0.2, 0) is 18.4 Å². The summed E-state index contributed by atoms with van der Waals surface area (Å²) in [5, 5.41) is 10.5. The van der Waals surface area contributed by atoms with E-state index in [1.165, 1.54) is 0 Å². The molecule has 0 saturated carbocycles. The lowest BCUT2D eigenvalue weighted by atomic mass is 9.87. The molecule has 0 radical (unpaired) electrons. The van der Waals surface area contributed by atoms with Crippen LogP contribution >= 0.6 is 0 Å². The molecule has 1 amide bonds. The highest BCUT2D eigenvalue weighted by Crippen LogP contribution is 2.34. The molecule has 2 unspecified atom stereocenters. The van der Waals surface area contributed by atoms with Gasteiger partial charge in [-0.3, -0.25) is 9.48 Å². The van der Waals surface area contributed by atoms with Crippen LogP contribution in [0, 0.1) is 0 Å². The Morgan fingerprint density at radius 2 is 2.29 bits per heavy atom. The number of hydrogen-bond acceptors (Lipinski definition) is 4. The van der Waals surface area contributed by atoms with E-state index in [1.54, 1.807) is 11.0 Å². The van der Waals surface area contributed by atoms with Crippen molar-refractivity contribution < 1.29 is 4.79 Å². The summed E-state index contributed by atoms with van der Waals surface area (Å²) in [4.78, 5) is 16.6. The molecular formula is C15H19N5O. The maximum Gasteiger partial charge on any atom is 0.228 e. The van der Waals surface area contributed by atoms with Gasteiger partial charge in [-0.1, -0.05) is 18.2 Å². The monoisotopic (exact) mass is 285 g/mol. The quantitative estimate of drug-likeness (QED) is 0.894. The number of anilines is 1. The van der Waals surface area contributed by atoms with Crippen molar-refractivity contribution >= 4 is 11.6 Å². The fourth-order valence-electron chi connectivity index (χ4n) is 2.74. The molecule has 110 valence electrons. The molecule has 2 N–H and O–H groups in total. The molecule has 0 fully saturated rings. The molecule has 1 aliphatic rings. The van der Waals surface area contributed by atoms with Gasteiger partial charge in [-0.25, -0.2) is 4.98 Å². The normalized spacial score (nSPS) is 20.5. The van der Waals surface area contributed by atoms with Crippen LogP contribution in [0.4, 0.5) is 5.69 Å². The fraction of sp³-hybridized carbons (Fsp3) is 0.400. The van der Waals surface area contributed by atoms with Crippen LogP contribution in [0.15, 0.2) is 30.6 Å². The Balaban J connectivity index is 1.72. The lowest BCUT2D eigenvalue weighted by Gasteiger charge is -2.30. The number of aryl methyl sites for hydroxylation is 1. The molecule has 0 saturated heterocycles. The van der Waals surface area contributed by atoms with E-state index in [0.717, 1.165) is 17.7 Å². The van der Waals surface area contributed by atoms with Crippen molar-refractivity contribution in [1.29, 1.82) is 0 Å². The SMILES string of the molecule is CC1CC(C(=O)NCc2ncn(C)n2)c2ccccc2N1. The molecule has 3 rings (SSSR count). The number of carbonyl (C=O) groups excluding carboxylic acids is 1. The molecule has 2 aromatic rings. The van der Waals surface area contributed by atoms with E-state index < -0.39 is 0 Å². The summed E-state index contributed by atoms with van der Waals surface area (Å²) in [5.41, 5.74) is 2.11. The van der Waals surface area contributed by atoms with Crippen LogP contribution in [-0.4, -0.2) is 26.7 Å². The standard InChI is InChI=1S/C15H19N5O/c1-10-7-12(11-5-3-4-6-13(11)18-10)15(21)16-8-14-17-9-20(2)19-14/h3-6,9-10,12,18H,7-8H2,1-2H3,(H,16,21). The van der Waals surface area contributed by atoms with Gasteiger partial charge in [0.25, 0.3) is 0 Å². The average molecular weight is 285 g/mol. The van der Waals surface area contributed by atoms with E-state index in [9.17, 15) is 4.79 Å². The van der Waals surface area contributed by atoms with Gasteiger partial charge in [0.15, 0.2) is 5.82 Å².